The van der Waals surface area contributed by atoms with E-state index in [0.29, 0.717) is 18.2 Å². The van der Waals surface area contributed by atoms with Crippen LogP contribution in [0.15, 0.2) is 40.9 Å². The molecule has 0 aromatic heterocycles. The molecule has 0 atom stereocenters. The number of hydrogen-bond acceptors (Lipinski definition) is 6. The van der Waals surface area contributed by atoms with Crippen LogP contribution in [0.25, 0.3) is 0 Å². The second-order valence-electron chi connectivity index (χ2n) is 3.86. The van der Waals surface area contributed by atoms with E-state index >= 15 is 0 Å². The number of allylic oxidation sites excluding steroid dienone is 1. The molecule has 0 aliphatic rings. The van der Waals surface area contributed by atoms with Crippen LogP contribution in [0, 0.1) is 22.7 Å². The number of rotatable bonds is 7. The van der Waals surface area contributed by atoms with Crippen molar-refractivity contribution in [2.45, 2.75) is 13.5 Å². The predicted octanol–water partition coefficient (Wildman–Crippen LogP) is 2.33. The lowest BCUT2D eigenvalue weighted by Gasteiger charge is -2.10. The number of nitrogens with one attached hydrogen (secondary N) is 1. The van der Waals surface area contributed by atoms with Crippen LogP contribution in [-0.2, 0) is 16.1 Å². The summed E-state index contributed by atoms with van der Waals surface area (Å²) in [7, 11) is 0. The number of ether oxygens (including phenoxy) is 1. The first-order valence-corrected chi connectivity index (χ1v) is 7.30. The SMILES string of the molecule is CCOC(=O)CSC(NCc1ccccc1)=C(C#N)C#N. The summed E-state index contributed by atoms with van der Waals surface area (Å²) in [6.07, 6.45) is 0. The van der Waals surface area contributed by atoms with Gasteiger partial charge in [0.15, 0.2) is 5.57 Å². The molecule has 0 fully saturated rings. The van der Waals surface area contributed by atoms with Crippen molar-refractivity contribution < 1.29 is 9.53 Å². The molecule has 0 unspecified atom stereocenters. The number of nitrogens with zero attached hydrogens (tertiary/aromatic N) is 2. The first-order valence-electron chi connectivity index (χ1n) is 6.32. The summed E-state index contributed by atoms with van der Waals surface area (Å²) in [5.41, 5.74) is 0.974. The van der Waals surface area contributed by atoms with E-state index in [1.807, 2.05) is 42.5 Å². The third-order valence-electron chi connectivity index (χ3n) is 2.39. The zero-order chi connectivity index (χ0) is 15.5. The van der Waals surface area contributed by atoms with Crippen molar-refractivity contribution in [2.24, 2.45) is 0 Å². The minimum atomic E-state index is -0.378. The van der Waals surface area contributed by atoms with Crippen LogP contribution >= 0.6 is 11.8 Å². The van der Waals surface area contributed by atoms with Gasteiger partial charge in [0, 0.05) is 6.54 Å². The van der Waals surface area contributed by atoms with Crippen LogP contribution < -0.4 is 5.32 Å². The van der Waals surface area contributed by atoms with Gasteiger partial charge in [-0.05, 0) is 12.5 Å². The molecule has 1 aromatic carbocycles. The van der Waals surface area contributed by atoms with Gasteiger partial charge in [0.1, 0.15) is 12.1 Å². The summed E-state index contributed by atoms with van der Waals surface area (Å²) in [4.78, 5) is 11.4. The van der Waals surface area contributed by atoms with Crippen LogP contribution in [0.4, 0.5) is 0 Å². The Morgan fingerprint density at radius 2 is 1.95 bits per heavy atom. The molecule has 0 aliphatic carbocycles. The third kappa shape index (κ3) is 6.03. The van der Waals surface area contributed by atoms with E-state index in [0.717, 1.165) is 17.3 Å². The Morgan fingerprint density at radius 3 is 2.52 bits per heavy atom. The number of thioether (sulfide) groups is 1. The Labute approximate surface area is 128 Å². The summed E-state index contributed by atoms with van der Waals surface area (Å²) in [6, 6.07) is 13.2. The maximum Gasteiger partial charge on any atom is 0.316 e. The minimum absolute atomic E-state index is 0.0415. The summed E-state index contributed by atoms with van der Waals surface area (Å²) in [6.45, 7) is 2.50. The fraction of sp³-hybridized carbons (Fsp3) is 0.267. The van der Waals surface area contributed by atoms with E-state index in [-0.39, 0.29) is 17.3 Å². The van der Waals surface area contributed by atoms with Gasteiger partial charge < -0.3 is 10.1 Å². The Kier molecular flexibility index (Phi) is 7.49. The zero-order valence-electron chi connectivity index (χ0n) is 11.6. The molecule has 0 saturated carbocycles. The zero-order valence-corrected chi connectivity index (χ0v) is 12.4. The average Bonchev–Trinajstić information content (AvgIpc) is 2.51. The summed E-state index contributed by atoms with van der Waals surface area (Å²) >= 11 is 1.10. The number of hydrogen-bond donors (Lipinski definition) is 1. The van der Waals surface area contributed by atoms with Crippen molar-refractivity contribution in [3.8, 4) is 12.1 Å². The van der Waals surface area contributed by atoms with Crippen LogP contribution in [-0.4, -0.2) is 18.3 Å². The number of esters is 1. The maximum atomic E-state index is 11.4. The van der Waals surface area contributed by atoms with E-state index in [1.165, 1.54) is 0 Å². The molecular weight excluding hydrogens is 286 g/mol. The Balaban J connectivity index is 2.71. The highest BCUT2D eigenvalue weighted by Crippen LogP contribution is 2.18. The van der Waals surface area contributed by atoms with Gasteiger partial charge in [-0.1, -0.05) is 42.1 Å². The van der Waals surface area contributed by atoms with Crippen molar-refractivity contribution in [3.63, 3.8) is 0 Å². The highest BCUT2D eigenvalue weighted by Gasteiger charge is 2.10. The minimum Gasteiger partial charge on any atom is -0.465 e. The molecule has 1 rings (SSSR count). The van der Waals surface area contributed by atoms with Gasteiger partial charge in [0.2, 0.25) is 0 Å². The first-order chi connectivity index (χ1) is 10.2. The van der Waals surface area contributed by atoms with E-state index in [4.69, 9.17) is 15.3 Å². The summed E-state index contributed by atoms with van der Waals surface area (Å²) in [5.74, 6) is -0.325. The largest absolute Gasteiger partial charge is 0.465 e. The summed E-state index contributed by atoms with van der Waals surface area (Å²) in [5, 5.41) is 21.3. The molecule has 1 aromatic rings. The Morgan fingerprint density at radius 1 is 1.29 bits per heavy atom. The van der Waals surface area contributed by atoms with Crippen LogP contribution in [0.3, 0.4) is 0 Å². The predicted molar refractivity (Wildman–Crippen MR) is 80.6 cm³/mol. The normalized spacial score (nSPS) is 9.10. The lowest BCUT2D eigenvalue weighted by atomic mass is 10.2. The Hall–Kier alpha value is -2.44. The van der Waals surface area contributed by atoms with Gasteiger partial charge in [-0.3, -0.25) is 4.79 Å². The highest BCUT2D eigenvalue weighted by molar-refractivity contribution is 8.03. The molecule has 0 spiro atoms. The number of benzene rings is 1. The molecular formula is C15H15N3O2S. The van der Waals surface area contributed by atoms with Crippen LogP contribution in [0.5, 0.6) is 0 Å². The fourth-order valence-corrected chi connectivity index (χ4v) is 2.21. The molecule has 0 amide bonds. The molecule has 0 aliphatic heterocycles. The average molecular weight is 301 g/mol. The molecule has 108 valence electrons. The second kappa shape index (κ2) is 9.46. The maximum absolute atomic E-state index is 11.4. The highest BCUT2D eigenvalue weighted by atomic mass is 32.2. The van der Waals surface area contributed by atoms with Crippen molar-refractivity contribution in [2.75, 3.05) is 12.4 Å². The second-order valence-corrected chi connectivity index (χ2v) is 4.85. The molecule has 0 heterocycles. The van der Waals surface area contributed by atoms with Crippen LogP contribution in [0.2, 0.25) is 0 Å². The van der Waals surface area contributed by atoms with E-state index in [1.54, 1.807) is 6.92 Å². The van der Waals surface area contributed by atoms with Crippen molar-refractivity contribution in [1.29, 1.82) is 10.5 Å². The molecule has 1 N–H and O–H groups in total. The fourth-order valence-electron chi connectivity index (χ4n) is 1.45. The van der Waals surface area contributed by atoms with Gasteiger partial charge >= 0.3 is 5.97 Å². The molecule has 0 bridgehead atoms. The van der Waals surface area contributed by atoms with Gasteiger partial charge in [-0.25, -0.2) is 0 Å². The number of nitriles is 2. The van der Waals surface area contributed by atoms with Crippen molar-refractivity contribution in [1.82, 2.24) is 5.32 Å². The topological polar surface area (TPSA) is 85.9 Å². The lowest BCUT2D eigenvalue weighted by Crippen LogP contribution is -2.15. The smallest absolute Gasteiger partial charge is 0.316 e. The van der Waals surface area contributed by atoms with Crippen molar-refractivity contribution in [3.05, 3.63) is 46.5 Å². The third-order valence-corrected chi connectivity index (χ3v) is 3.40. The number of carbonyl (C=O) groups excluding carboxylic acids is 1. The Bertz CT molecular complexity index is 569. The first kappa shape index (κ1) is 16.6. The van der Waals surface area contributed by atoms with Gasteiger partial charge in [0.25, 0.3) is 0 Å². The van der Waals surface area contributed by atoms with E-state index in [2.05, 4.69) is 5.32 Å². The summed E-state index contributed by atoms with van der Waals surface area (Å²) < 4.78 is 4.83. The van der Waals surface area contributed by atoms with Crippen LogP contribution in [0.1, 0.15) is 12.5 Å². The molecule has 0 saturated heterocycles. The molecule has 5 nitrogen and oxygen atoms in total. The van der Waals surface area contributed by atoms with Gasteiger partial charge in [-0.2, -0.15) is 10.5 Å². The van der Waals surface area contributed by atoms with E-state index in [9.17, 15) is 4.79 Å². The molecule has 0 radical (unpaired) electrons. The van der Waals surface area contributed by atoms with Gasteiger partial charge in [-0.15, -0.1) is 0 Å². The monoisotopic (exact) mass is 301 g/mol. The molecule has 21 heavy (non-hydrogen) atoms. The van der Waals surface area contributed by atoms with Gasteiger partial charge in [0.05, 0.1) is 17.4 Å². The lowest BCUT2D eigenvalue weighted by molar-refractivity contribution is -0.139. The standard InChI is InChI=1S/C15H15N3O2S/c1-2-20-14(19)11-21-15(13(8-16)9-17)18-10-12-6-4-3-5-7-12/h3-7,18H,2,10-11H2,1H3. The van der Waals surface area contributed by atoms with E-state index < -0.39 is 0 Å². The number of carbonyl (C=O) groups is 1. The quantitative estimate of drug-likeness (QED) is 0.614. The van der Waals surface area contributed by atoms with Crippen molar-refractivity contribution >= 4 is 17.7 Å². The molecule has 6 heteroatoms.